The molecule has 4 nitrogen and oxygen atoms in total. The van der Waals surface area contributed by atoms with Crippen molar-refractivity contribution < 1.29 is 24.5 Å². The zero-order valence-electron chi connectivity index (χ0n) is 29.5. The number of nitrogens with zero attached hydrogens (tertiary/aromatic N) is 3. The third-order valence-corrected chi connectivity index (χ3v) is 12.2. The zero-order chi connectivity index (χ0) is 33.3. The van der Waals surface area contributed by atoms with Gasteiger partial charge in [-0.25, -0.2) is 4.98 Å². The van der Waals surface area contributed by atoms with Crippen LogP contribution in [0.5, 0.6) is 0 Å². The minimum Gasteiger partial charge on any atom is -0.486 e. The first-order valence-corrected chi connectivity index (χ1v) is 23.5. The van der Waals surface area contributed by atoms with Gasteiger partial charge >= 0.3 is 132 Å². The molecule has 0 bridgehead atoms. The molecule has 6 heteroatoms. The van der Waals surface area contributed by atoms with Crippen LogP contribution in [-0.2, 0) is 32.9 Å². The number of benzene rings is 2. The Morgan fingerprint density at radius 2 is 1.40 bits per heavy atom. The summed E-state index contributed by atoms with van der Waals surface area (Å²) in [5, 5.41) is 2.08. The van der Waals surface area contributed by atoms with Gasteiger partial charge in [-0.05, 0) is 42.1 Å². The van der Waals surface area contributed by atoms with Crippen molar-refractivity contribution in [2.24, 2.45) is 10.8 Å². The first-order valence-electron chi connectivity index (χ1n) is 16.2. The molecule has 0 unspecified atom stereocenters. The van der Waals surface area contributed by atoms with Crippen molar-refractivity contribution >= 4 is 39.7 Å². The Labute approximate surface area is 297 Å². The summed E-state index contributed by atoms with van der Waals surface area (Å²) in [7, 11) is 0. The van der Waals surface area contributed by atoms with Crippen LogP contribution >= 0.6 is 0 Å². The quantitative estimate of drug-likeness (QED) is 0.128. The summed E-state index contributed by atoms with van der Waals surface area (Å²) < 4.78 is 7.56. The maximum atomic E-state index is 6.03. The summed E-state index contributed by atoms with van der Waals surface area (Å²) in [6.07, 6.45) is 7.94. The third-order valence-electron chi connectivity index (χ3n) is 7.90. The van der Waals surface area contributed by atoms with E-state index in [0.717, 1.165) is 51.7 Å². The molecule has 0 fully saturated rings. The summed E-state index contributed by atoms with van der Waals surface area (Å²) >= 11 is -1.90. The molecule has 0 aliphatic carbocycles. The zero-order valence-corrected chi connectivity index (χ0v) is 34.0. The molecule has 0 N–H and O–H groups in total. The SMILES string of the molecule is CC(C)(C)Cc1cc(-c2[c-]cccc2)nc[c]1[Ge]([CH3])([CH3])[CH3].Cc1cnc(-c2[c-]ccc3c2oc2ncccc23)cc1CC(C)(C)C.[Ir]. The second kappa shape index (κ2) is 14.6. The molecule has 0 spiro atoms. The fraction of sp³-hybridized carbons (Fsp3) is 0.341. The second-order valence-corrected chi connectivity index (χ2v) is 26.3. The molecular weight excluding hydrogens is 815 g/mol. The van der Waals surface area contributed by atoms with Gasteiger partial charge in [0.2, 0.25) is 5.71 Å². The molecule has 0 amide bonds. The van der Waals surface area contributed by atoms with E-state index in [9.17, 15) is 0 Å². The molecule has 6 rings (SSSR count). The fourth-order valence-corrected chi connectivity index (χ4v) is 9.13. The first-order chi connectivity index (χ1) is 21.6. The molecule has 47 heavy (non-hydrogen) atoms. The van der Waals surface area contributed by atoms with Crippen LogP contribution in [0.2, 0.25) is 17.3 Å². The Hall–Kier alpha value is -3.12. The fourth-order valence-electron chi connectivity index (χ4n) is 5.82. The van der Waals surface area contributed by atoms with Gasteiger partial charge in [0.15, 0.2) is 0 Å². The third kappa shape index (κ3) is 9.28. The van der Waals surface area contributed by atoms with Crippen molar-refractivity contribution in [3.8, 4) is 22.5 Å². The first kappa shape index (κ1) is 36.7. The minimum absolute atomic E-state index is 0. The Balaban J connectivity index is 0.000000212. The van der Waals surface area contributed by atoms with Gasteiger partial charge in [-0.1, -0.05) is 43.4 Å². The van der Waals surface area contributed by atoms with Crippen LogP contribution in [0.3, 0.4) is 0 Å². The van der Waals surface area contributed by atoms with Crippen LogP contribution in [0.15, 0.2) is 83.7 Å². The van der Waals surface area contributed by atoms with Crippen molar-refractivity contribution in [1.82, 2.24) is 15.0 Å². The van der Waals surface area contributed by atoms with Crippen LogP contribution in [0.25, 0.3) is 44.6 Å². The molecule has 4 heterocycles. The number of rotatable bonds is 5. The molecular formula is C41H47GeIrN3O-2. The van der Waals surface area contributed by atoms with Crippen LogP contribution in [0.1, 0.15) is 58.2 Å². The normalized spacial score (nSPS) is 12.0. The summed E-state index contributed by atoms with van der Waals surface area (Å²) in [4.78, 5) is 13.7. The van der Waals surface area contributed by atoms with Gasteiger partial charge < -0.3 is 9.40 Å². The van der Waals surface area contributed by atoms with Crippen molar-refractivity contribution in [3.63, 3.8) is 0 Å². The molecule has 0 saturated heterocycles. The number of pyridine rings is 3. The number of aromatic nitrogens is 3. The van der Waals surface area contributed by atoms with Gasteiger partial charge in [0.25, 0.3) is 0 Å². The van der Waals surface area contributed by atoms with Crippen molar-refractivity contribution in [2.75, 3.05) is 0 Å². The van der Waals surface area contributed by atoms with E-state index in [2.05, 4.69) is 112 Å². The van der Waals surface area contributed by atoms with Gasteiger partial charge in [0.05, 0.1) is 5.58 Å². The van der Waals surface area contributed by atoms with Crippen LogP contribution in [0, 0.1) is 29.9 Å². The second-order valence-electron chi connectivity index (χ2n) is 15.8. The number of fused-ring (bicyclic) bond motifs is 3. The number of hydrogen-bond donors (Lipinski definition) is 0. The van der Waals surface area contributed by atoms with E-state index in [1.165, 1.54) is 21.1 Å². The molecule has 0 aliphatic rings. The Kier molecular flexibility index (Phi) is 11.4. The molecule has 0 saturated carbocycles. The summed E-state index contributed by atoms with van der Waals surface area (Å²) in [6, 6.07) is 27.1. The summed E-state index contributed by atoms with van der Waals surface area (Å²) in [5.41, 5.74) is 9.91. The molecule has 1 radical (unpaired) electrons. The topological polar surface area (TPSA) is 51.8 Å². The van der Waals surface area contributed by atoms with Gasteiger partial charge in [-0.3, -0.25) is 0 Å². The Morgan fingerprint density at radius 3 is 2.06 bits per heavy atom. The van der Waals surface area contributed by atoms with Crippen molar-refractivity contribution in [3.05, 3.63) is 108 Å². The maximum Gasteiger partial charge on any atom is 0.216 e. The van der Waals surface area contributed by atoms with Crippen molar-refractivity contribution in [1.29, 1.82) is 0 Å². The molecule has 0 atom stereocenters. The number of aryl methyl sites for hydroxylation is 1. The van der Waals surface area contributed by atoms with E-state index in [1.54, 1.807) is 6.20 Å². The Morgan fingerprint density at radius 1 is 0.723 bits per heavy atom. The van der Waals surface area contributed by atoms with Gasteiger partial charge in [0.1, 0.15) is 0 Å². The van der Waals surface area contributed by atoms with E-state index < -0.39 is 13.3 Å². The van der Waals surface area contributed by atoms with Crippen LogP contribution in [0.4, 0.5) is 0 Å². The van der Waals surface area contributed by atoms with Crippen LogP contribution in [-0.4, -0.2) is 28.2 Å². The van der Waals surface area contributed by atoms with Crippen molar-refractivity contribution in [2.45, 2.75) is 78.6 Å². The van der Waals surface area contributed by atoms with Gasteiger partial charge in [0, 0.05) is 37.9 Å². The number of hydrogen-bond acceptors (Lipinski definition) is 4. The summed E-state index contributed by atoms with van der Waals surface area (Å²) in [6.45, 7) is 15.8. The smallest absolute Gasteiger partial charge is 0.216 e. The molecule has 4 aromatic heterocycles. The van der Waals surface area contributed by atoms with Gasteiger partial charge in [-0.15, -0.1) is 18.2 Å². The largest absolute Gasteiger partial charge is 0.486 e. The van der Waals surface area contributed by atoms with Gasteiger partial charge in [-0.2, -0.15) is 0 Å². The predicted octanol–water partition coefficient (Wildman–Crippen LogP) is 10.4. The van der Waals surface area contributed by atoms with E-state index in [-0.39, 0.29) is 25.5 Å². The van der Waals surface area contributed by atoms with E-state index >= 15 is 0 Å². The predicted molar refractivity (Wildman–Crippen MR) is 196 cm³/mol. The van der Waals surface area contributed by atoms with Crippen LogP contribution < -0.4 is 4.40 Å². The average Bonchev–Trinajstić information content (AvgIpc) is 3.36. The van der Waals surface area contributed by atoms with E-state index in [4.69, 9.17) is 9.40 Å². The standard InChI is InChI=1S/C22H21N2O.C19H26GeN.Ir/c1-14-13-24-19(11-15(14)12-22(2,3)4)18-8-5-7-16-17-9-6-10-23-21(17)25-20(16)18;1-19(2,3)13-16-12-18(15-10-8-7-9-11-15)21-14-17(16)20(4,5)6;/h5-7,9-11,13H,12H2,1-4H3;7-10,12,14H,13H2,1-6H3;/q2*-1;. The van der Waals surface area contributed by atoms with E-state index in [1.807, 2.05) is 48.7 Å². The molecule has 6 aromatic rings. The maximum absolute atomic E-state index is 6.03. The monoisotopic (exact) mass is 864 g/mol. The summed E-state index contributed by atoms with van der Waals surface area (Å²) in [5.74, 6) is 7.33. The number of furan rings is 1. The minimum atomic E-state index is -1.90. The van der Waals surface area contributed by atoms with E-state index in [0.29, 0.717) is 11.1 Å². The Bertz CT molecular complexity index is 1960. The molecule has 247 valence electrons. The molecule has 0 aliphatic heterocycles. The average molecular weight is 863 g/mol. The molecule has 2 aromatic carbocycles.